The highest BCUT2D eigenvalue weighted by Crippen LogP contribution is 2.31. The molecule has 1 fully saturated rings. The average molecular weight is 271 g/mol. The lowest BCUT2D eigenvalue weighted by molar-refractivity contribution is 0.119. The molecule has 0 radical (unpaired) electrons. The monoisotopic (exact) mass is 270 g/mol. The summed E-state index contributed by atoms with van der Waals surface area (Å²) in [6.45, 7) is 1.85. The van der Waals surface area contributed by atoms with Gasteiger partial charge in [-0.2, -0.15) is 0 Å². The Morgan fingerprint density at radius 2 is 2.33 bits per heavy atom. The number of hydrogen-bond donors (Lipinski definition) is 3. The van der Waals surface area contributed by atoms with Gasteiger partial charge in [0, 0.05) is 28.2 Å². The van der Waals surface area contributed by atoms with Gasteiger partial charge in [-0.15, -0.1) is 0 Å². The van der Waals surface area contributed by atoms with Crippen LogP contribution in [0.25, 0.3) is 0 Å². The van der Waals surface area contributed by atoms with Crippen LogP contribution in [-0.2, 0) is 0 Å². The maximum absolute atomic E-state index is 10.2. The van der Waals surface area contributed by atoms with E-state index in [0.717, 1.165) is 29.5 Å². The molecule has 1 aromatic carbocycles. The molecule has 1 heterocycles. The van der Waals surface area contributed by atoms with Crippen molar-refractivity contribution in [1.29, 1.82) is 0 Å². The van der Waals surface area contributed by atoms with Crippen LogP contribution in [0.1, 0.15) is 18.1 Å². The normalized spacial score (nSPS) is 22.9. The van der Waals surface area contributed by atoms with Crippen LogP contribution in [0.4, 0.5) is 5.69 Å². The molecule has 0 spiro atoms. The molecule has 0 bridgehead atoms. The minimum absolute atomic E-state index is 0.279. The van der Waals surface area contributed by atoms with Crippen molar-refractivity contribution in [3.8, 4) is 0 Å². The molecular formula is C11H15BrN2O. The van der Waals surface area contributed by atoms with Crippen molar-refractivity contribution in [3.05, 3.63) is 28.2 Å². The summed E-state index contributed by atoms with van der Waals surface area (Å²) in [7, 11) is 0. The highest BCUT2D eigenvalue weighted by atomic mass is 79.9. The van der Waals surface area contributed by atoms with Gasteiger partial charge < -0.3 is 16.2 Å². The first-order valence-corrected chi connectivity index (χ1v) is 5.91. The van der Waals surface area contributed by atoms with Gasteiger partial charge in [-0.25, -0.2) is 0 Å². The van der Waals surface area contributed by atoms with Gasteiger partial charge in [-0.1, -0.05) is 15.9 Å². The Balaban J connectivity index is 2.23. The third kappa shape index (κ3) is 2.33. The number of rotatable bonds is 2. The summed E-state index contributed by atoms with van der Waals surface area (Å²) in [4.78, 5) is 0. The number of aliphatic hydroxyl groups is 1. The average Bonchev–Trinajstić information content (AvgIpc) is 2.74. The van der Waals surface area contributed by atoms with E-state index in [2.05, 4.69) is 21.2 Å². The second-order valence-electron chi connectivity index (χ2n) is 3.97. The minimum Gasteiger partial charge on any atom is -0.398 e. The minimum atomic E-state index is -0.461. The molecule has 4 heteroatoms. The van der Waals surface area contributed by atoms with Gasteiger partial charge in [0.05, 0.1) is 6.10 Å². The highest BCUT2D eigenvalue weighted by molar-refractivity contribution is 9.10. The Hall–Kier alpha value is -0.580. The maximum atomic E-state index is 10.2. The van der Waals surface area contributed by atoms with Crippen LogP contribution < -0.4 is 11.1 Å². The summed E-state index contributed by atoms with van der Waals surface area (Å²) < 4.78 is 0.955. The summed E-state index contributed by atoms with van der Waals surface area (Å²) in [5, 5.41) is 13.4. The molecule has 2 unspecified atom stereocenters. The fraction of sp³-hybridized carbons (Fsp3) is 0.455. The third-order valence-corrected chi connectivity index (χ3v) is 3.41. The van der Waals surface area contributed by atoms with Crippen molar-refractivity contribution in [2.24, 2.45) is 5.92 Å². The van der Waals surface area contributed by atoms with E-state index in [-0.39, 0.29) is 5.92 Å². The maximum Gasteiger partial charge on any atom is 0.0851 e. The highest BCUT2D eigenvalue weighted by Gasteiger charge is 2.25. The summed E-state index contributed by atoms with van der Waals surface area (Å²) >= 11 is 3.39. The molecule has 2 atom stereocenters. The van der Waals surface area contributed by atoms with Crippen LogP contribution in [-0.4, -0.2) is 18.2 Å². The van der Waals surface area contributed by atoms with Crippen molar-refractivity contribution < 1.29 is 5.11 Å². The van der Waals surface area contributed by atoms with E-state index in [4.69, 9.17) is 5.73 Å². The Kier molecular flexibility index (Phi) is 3.29. The summed E-state index contributed by atoms with van der Waals surface area (Å²) in [5.41, 5.74) is 7.35. The lowest BCUT2D eigenvalue weighted by Crippen LogP contribution is -2.17. The summed E-state index contributed by atoms with van der Waals surface area (Å²) in [5.74, 6) is 0.279. The van der Waals surface area contributed by atoms with E-state index < -0.39 is 6.10 Å². The fourth-order valence-corrected chi connectivity index (χ4v) is 2.38. The van der Waals surface area contributed by atoms with E-state index in [1.165, 1.54) is 0 Å². The topological polar surface area (TPSA) is 58.3 Å². The predicted octanol–water partition coefficient (Wildman–Crippen LogP) is 1.67. The molecule has 1 aliphatic heterocycles. The third-order valence-electron chi connectivity index (χ3n) is 2.91. The zero-order valence-electron chi connectivity index (χ0n) is 8.41. The van der Waals surface area contributed by atoms with Gasteiger partial charge in [-0.05, 0) is 31.2 Å². The van der Waals surface area contributed by atoms with E-state index in [9.17, 15) is 5.11 Å². The van der Waals surface area contributed by atoms with E-state index in [1.54, 1.807) is 0 Å². The molecule has 0 saturated carbocycles. The Labute approximate surface area is 97.8 Å². The Morgan fingerprint density at radius 1 is 1.53 bits per heavy atom. The standard InChI is InChI=1S/C11H15BrN2O/c12-8-1-2-10(13)9(5-8)11(15)7-3-4-14-6-7/h1-2,5,7,11,14-15H,3-4,6,13H2. The van der Waals surface area contributed by atoms with Crippen LogP contribution in [0, 0.1) is 5.92 Å². The van der Waals surface area contributed by atoms with Gasteiger partial charge in [-0.3, -0.25) is 0 Å². The Bertz CT molecular complexity index is 350. The fourth-order valence-electron chi connectivity index (χ4n) is 2.00. The van der Waals surface area contributed by atoms with E-state index >= 15 is 0 Å². The van der Waals surface area contributed by atoms with Crippen LogP contribution >= 0.6 is 15.9 Å². The molecule has 1 aliphatic rings. The number of anilines is 1. The van der Waals surface area contributed by atoms with Crippen molar-refractivity contribution in [2.75, 3.05) is 18.8 Å². The molecule has 2 rings (SSSR count). The number of benzene rings is 1. The SMILES string of the molecule is Nc1ccc(Br)cc1C(O)C1CCNC1. The number of nitrogens with two attached hydrogens (primary N) is 1. The largest absolute Gasteiger partial charge is 0.398 e. The summed E-state index contributed by atoms with van der Waals surface area (Å²) in [6.07, 6.45) is 0.546. The van der Waals surface area contributed by atoms with Crippen LogP contribution in [0.5, 0.6) is 0 Å². The second kappa shape index (κ2) is 4.51. The lowest BCUT2D eigenvalue weighted by Gasteiger charge is -2.19. The van der Waals surface area contributed by atoms with Gasteiger partial charge in [0.2, 0.25) is 0 Å². The molecule has 1 aromatic rings. The first kappa shape index (κ1) is 10.9. The zero-order valence-corrected chi connectivity index (χ0v) is 10.00. The second-order valence-corrected chi connectivity index (χ2v) is 4.89. The molecule has 0 aliphatic carbocycles. The van der Waals surface area contributed by atoms with E-state index in [1.807, 2.05) is 18.2 Å². The van der Waals surface area contributed by atoms with Gasteiger partial charge >= 0.3 is 0 Å². The van der Waals surface area contributed by atoms with Gasteiger partial charge in [0.15, 0.2) is 0 Å². The van der Waals surface area contributed by atoms with E-state index in [0.29, 0.717) is 5.69 Å². The zero-order chi connectivity index (χ0) is 10.8. The smallest absolute Gasteiger partial charge is 0.0851 e. The van der Waals surface area contributed by atoms with Crippen LogP contribution in [0.15, 0.2) is 22.7 Å². The van der Waals surface area contributed by atoms with Gasteiger partial charge in [0.25, 0.3) is 0 Å². The van der Waals surface area contributed by atoms with Gasteiger partial charge in [0.1, 0.15) is 0 Å². The Morgan fingerprint density at radius 3 is 3.00 bits per heavy atom. The molecule has 4 N–H and O–H groups in total. The number of nitrogens with one attached hydrogen (secondary N) is 1. The number of hydrogen-bond acceptors (Lipinski definition) is 3. The summed E-state index contributed by atoms with van der Waals surface area (Å²) in [6, 6.07) is 5.61. The molecule has 3 nitrogen and oxygen atoms in total. The van der Waals surface area contributed by atoms with Crippen molar-refractivity contribution in [2.45, 2.75) is 12.5 Å². The molecule has 1 saturated heterocycles. The van der Waals surface area contributed by atoms with Crippen LogP contribution in [0.2, 0.25) is 0 Å². The molecule has 15 heavy (non-hydrogen) atoms. The molecule has 0 aromatic heterocycles. The number of aliphatic hydroxyl groups excluding tert-OH is 1. The lowest BCUT2D eigenvalue weighted by atomic mass is 9.94. The quantitative estimate of drug-likeness (QED) is 0.717. The van der Waals surface area contributed by atoms with Crippen molar-refractivity contribution in [3.63, 3.8) is 0 Å². The molecular weight excluding hydrogens is 256 g/mol. The first-order valence-electron chi connectivity index (χ1n) is 5.12. The predicted molar refractivity (Wildman–Crippen MR) is 64.5 cm³/mol. The van der Waals surface area contributed by atoms with Crippen molar-refractivity contribution in [1.82, 2.24) is 5.32 Å². The molecule has 82 valence electrons. The van der Waals surface area contributed by atoms with Crippen molar-refractivity contribution >= 4 is 21.6 Å². The first-order chi connectivity index (χ1) is 7.18. The number of nitrogen functional groups attached to an aromatic ring is 1. The van der Waals surface area contributed by atoms with Crippen LogP contribution in [0.3, 0.4) is 0 Å². The molecule has 0 amide bonds. The number of halogens is 1.